The van der Waals surface area contributed by atoms with E-state index in [0.717, 1.165) is 6.54 Å². The highest BCUT2D eigenvalue weighted by molar-refractivity contribution is 5.77. The standard InChI is InChI=1S/C11H21N3O/c1-9(2)14(10(3)4)8-7-13-11(15)5-6-12/h9-10H,5,7-8H2,1-4H3,(H,13,15). The van der Waals surface area contributed by atoms with Crippen molar-refractivity contribution in [2.75, 3.05) is 13.1 Å². The van der Waals surface area contributed by atoms with Gasteiger partial charge in [-0.2, -0.15) is 5.26 Å². The number of rotatable bonds is 6. The summed E-state index contributed by atoms with van der Waals surface area (Å²) in [5.74, 6) is -0.190. The maximum absolute atomic E-state index is 11.0. The van der Waals surface area contributed by atoms with Crippen LogP contribution in [0.2, 0.25) is 0 Å². The Morgan fingerprint density at radius 3 is 2.27 bits per heavy atom. The number of amides is 1. The van der Waals surface area contributed by atoms with Gasteiger partial charge in [0.1, 0.15) is 6.42 Å². The topological polar surface area (TPSA) is 56.1 Å². The fourth-order valence-electron chi connectivity index (χ4n) is 1.57. The van der Waals surface area contributed by atoms with E-state index in [9.17, 15) is 4.79 Å². The van der Waals surface area contributed by atoms with Crippen molar-refractivity contribution in [3.63, 3.8) is 0 Å². The fraction of sp³-hybridized carbons (Fsp3) is 0.818. The Balaban J connectivity index is 3.82. The van der Waals surface area contributed by atoms with E-state index in [-0.39, 0.29) is 12.3 Å². The molecule has 4 heteroatoms. The molecule has 0 saturated heterocycles. The molecular formula is C11H21N3O. The van der Waals surface area contributed by atoms with Gasteiger partial charge >= 0.3 is 0 Å². The van der Waals surface area contributed by atoms with Gasteiger partial charge in [0.15, 0.2) is 0 Å². The quantitative estimate of drug-likeness (QED) is 0.716. The first-order valence-electron chi connectivity index (χ1n) is 5.38. The Hall–Kier alpha value is -1.08. The van der Waals surface area contributed by atoms with E-state index in [1.807, 2.05) is 6.07 Å². The van der Waals surface area contributed by atoms with Crippen molar-refractivity contribution < 1.29 is 4.79 Å². The van der Waals surface area contributed by atoms with Crippen molar-refractivity contribution in [1.82, 2.24) is 10.2 Å². The van der Waals surface area contributed by atoms with E-state index < -0.39 is 0 Å². The van der Waals surface area contributed by atoms with E-state index >= 15 is 0 Å². The Labute approximate surface area is 92.3 Å². The molecule has 0 radical (unpaired) electrons. The van der Waals surface area contributed by atoms with E-state index in [1.165, 1.54) is 0 Å². The third-order valence-electron chi connectivity index (χ3n) is 2.26. The fourth-order valence-corrected chi connectivity index (χ4v) is 1.57. The van der Waals surface area contributed by atoms with E-state index in [2.05, 4.69) is 37.9 Å². The maximum atomic E-state index is 11.0. The summed E-state index contributed by atoms with van der Waals surface area (Å²) in [6.45, 7) is 9.98. The van der Waals surface area contributed by atoms with Crippen LogP contribution in [0, 0.1) is 11.3 Å². The molecule has 0 atom stereocenters. The number of nitriles is 1. The molecule has 1 amide bonds. The van der Waals surface area contributed by atoms with Gasteiger partial charge in [-0.05, 0) is 27.7 Å². The first kappa shape index (κ1) is 13.9. The van der Waals surface area contributed by atoms with Crippen molar-refractivity contribution in [1.29, 1.82) is 5.26 Å². The van der Waals surface area contributed by atoms with Gasteiger partial charge in [-0.1, -0.05) is 0 Å². The summed E-state index contributed by atoms with van der Waals surface area (Å²) in [6, 6.07) is 2.77. The van der Waals surface area contributed by atoms with Crippen molar-refractivity contribution >= 4 is 5.91 Å². The normalized spacial score (nSPS) is 10.8. The van der Waals surface area contributed by atoms with E-state index in [0.29, 0.717) is 18.6 Å². The predicted octanol–water partition coefficient (Wildman–Crippen LogP) is 1.14. The largest absolute Gasteiger partial charge is 0.354 e. The summed E-state index contributed by atoms with van der Waals surface area (Å²) in [5.41, 5.74) is 0. The molecule has 86 valence electrons. The summed E-state index contributed by atoms with van der Waals surface area (Å²) in [4.78, 5) is 13.3. The first-order chi connectivity index (χ1) is 6.99. The van der Waals surface area contributed by atoms with Crippen molar-refractivity contribution in [3.8, 4) is 6.07 Å². The molecule has 0 fully saturated rings. The van der Waals surface area contributed by atoms with Crippen LogP contribution in [-0.4, -0.2) is 36.0 Å². The zero-order chi connectivity index (χ0) is 11.8. The summed E-state index contributed by atoms with van der Waals surface area (Å²) >= 11 is 0. The van der Waals surface area contributed by atoms with Gasteiger partial charge in [-0.25, -0.2) is 0 Å². The van der Waals surface area contributed by atoms with Crippen LogP contribution < -0.4 is 5.32 Å². The maximum Gasteiger partial charge on any atom is 0.234 e. The van der Waals surface area contributed by atoms with Crippen LogP contribution >= 0.6 is 0 Å². The SMILES string of the molecule is CC(C)N(CCNC(=O)CC#N)C(C)C. The van der Waals surface area contributed by atoms with Gasteiger partial charge in [0.25, 0.3) is 0 Å². The highest BCUT2D eigenvalue weighted by Gasteiger charge is 2.12. The smallest absolute Gasteiger partial charge is 0.234 e. The number of carbonyl (C=O) groups excluding carboxylic acids is 1. The molecule has 0 aliphatic carbocycles. The molecule has 0 aliphatic heterocycles. The second-order valence-electron chi connectivity index (χ2n) is 4.11. The number of nitrogens with one attached hydrogen (secondary N) is 1. The van der Waals surface area contributed by atoms with Crippen LogP contribution in [0.5, 0.6) is 0 Å². The number of hydrogen-bond donors (Lipinski definition) is 1. The minimum absolute atomic E-state index is 0.0522. The Kier molecular flexibility index (Phi) is 6.72. The summed E-state index contributed by atoms with van der Waals surface area (Å²) < 4.78 is 0. The van der Waals surface area contributed by atoms with Gasteiger partial charge in [-0.3, -0.25) is 9.69 Å². The summed E-state index contributed by atoms with van der Waals surface area (Å²) in [5, 5.41) is 11.0. The average Bonchev–Trinajstić information content (AvgIpc) is 2.11. The second kappa shape index (κ2) is 7.24. The molecule has 15 heavy (non-hydrogen) atoms. The van der Waals surface area contributed by atoms with Crippen molar-refractivity contribution in [3.05, 3.63) is 0 Å². The monoisotopic (exact) mass is 211 g/mol. The van der Waals surface area contributed by atoms with Gasteiger partial charge in [0, 0.05) is 25.2 Å². The van der Waals surface area contributed by atoms with Crippen LogP contribution in [0.1, 0.15) is 34.1 Å². The van der Waals surface area contributed by atoms with Crippen LogP contribution in [0.4, 0.5) is 0 Å². The highest BCUT2D eigenvalue weighted by atomic mass is 16.1. The molecule has 4 nitrogen and oxygen atoms in total. The number of nitrogens with zero attached hydrogens (tertiary/aromatic N) is 2. The van der Waals surface area contributed by atoms with Gasteiger partial charge < -0.3 is 5.32 Å². The van der Waals surface area contributed by atoms with Crippen LogP contribution in [0.25, 0.3) is 0 Å². The Morgan fingerprint density at radius 2 is 1.87 bits per heavy atom. The third kappa shape index (κ3) is 6.08. The van der Waals surface area contributed by atoms with Crippen molar-refractivity contribution in [2.24, 2.45) is 0 Å². The Bertz CT molecular complexity index is 222. The van der Waals surface area contributed by atoms with Gasteiger partial charge in [0.05, 0.1) is 6.07 Å². The first-order valence-corrected chi connectivity index (χ1v) is 5.38. The lowest BCUT2D eigenvalue weighted by molar-refractivity contribution is -0.120. The molecule has 0 aromatic rings. The zero-order valence-electron chi connectivity index (χ0n) is 10.1. The minimum Gasteiger partial charge on any atom is -0.354 e. The van der Waals surface area contributed by atoms with Gasteiger partial charge in [-0.15, -0.1) is 0 Å². The molecule has 0 aromatic heterocycles. The summed E-state index contributed by atoms with van der Waals surface area (Å²) in [7, 11) is 0. The summed E-state index contributed by atoms with van der Waals surface area (Å²) in [6.07, 6.45) is -0.0522. The molecule has 0 aromatic carbocycles. The number of hydrogen-bond acceptors (Lipinski definition) is 3. The highest BCUT2D eigenvalue weighted by Crippen LogP contribution is 2.03. The van der Waals surface area contributed by atoms with Crippen molar-refractivity contribution in [2.45, 2.75) is 46.2 Å². The lowest BCUT2D eigenvalue weighted by Gasteiger charge is -2.30. The van der Waals surface area contributed by atoms with Crippen LogP contribution in [0.3, 0.4) is 0 Å². The minimum atomic E-state index is -0.190. The average molecular weight is 211 g/mol. The lowest BCUT2D eigenvalue weighted by atomic mass is 10.2. The second-order valence-corrected chi connectivity index (χ2v) is 4.11. The molecule has 0 bridgehead atoms. The molecule has 0 heterocycles. The molecule has 1 N–H and O–H groups in total. The third-order valence-corrected chi connectivity index (χ3v) is 2.26. The molecular weight excluding hydrogens is 190 g/mol. The predicted molar refractivity (Wildman–Crippen MR) is 60.2 cm³/mol. The Morgan fingerprint density at radius 1 is 1.33 bits per heavy atom. The molecule has 0 rings (SSSR count). The van der Waals surface area contributed by atoms with Crippen LogP contribution in [-0.2, 0) is 4.79 Å². The molecule has 0 saturated carbocycles. The molecule has 0 unspecified atom stereocenters. The molecule has 0 spiro atoms. The molecule has 0 aliphatic rings. The van der Waals surface area contributed by atoms with E-state index in [1.54, 1.807) is 0 Å². The lowest BCUT2D eigenvalue weighted by Crippen LogP contribution is -2.42. The van der Waals surface area contributed by atoms with Gasteiger partial charge in [0.2, 0.25) is 5.91 Å². The number of carbonyl (C=O) groups is 1. The van der Waals surface area contributed by atoms with E-state index in [4.69, 9.17) is 5.26 Å². The zero-order valence-corrected chi connectivity index (χ0v) is 10.1. The van der Waals surface area contributed by atoms with Crippen LogP contribution in [0.15, 0.2) is 0 Å².